The standard InChI is InChI=1S/C33H52N4O5Si2/c1-32(2,3)44(9,10)40-20-25-29-30(42-33(4,5)41-29)27(36-25)24-18-37(22-38-16-17-43(6,7)8)28-26(24)34-21-35-31(28)39-19-23-14-12-11-13-15-23/h11-15,18,21,25,27,29-30,36H,16-17,19-20,22H2,1-10H3. The first-order valence-electron chi connectivity index (χ1n) is 15.9. The van der Waals surface area contributed by atoms with Crippen molar-refractivity contribution in [1.82, 2.24) is 19.9 Å². The van der Waals surface area contributed by atoms with E-state index < -0.39 is 22.2 Å². The van der Waals surface area contributed by atoms with E-state index in [1.54, 1.807) is 6.33 Å². The molecule has 0 aliphatic carbocycles. The van der Waals surface area contributed by atoms with Gasteiger partial charge in [-0.25, -0.2) is 4.98 Å². The summed E-state index contributed by atoms with van der Waals surface area (Å²) in [6.45, 7) is 24.5. The molecule has 4 unspecified atom stereocenters. The zero-order chi connectivity index (χ0) is 31.9. The molecule has 2 aliphatic rings. The van der Waals surface area contributed by atoms with Gasteiger partial charge in [0.05, 0.1) is 18.7 Å². The van der Waals surface area contributed by atoms with Gasteiger partial charge in [0.25, 0.3) is 0 Å². The SMILES string of the molecule is CC1(C)OC2C(CO[Si](C)(C)C(C)(C)C)NC(c3cn(COCC[Si](C)(C)C)c4c(OCc5ccccc5)ncnc34)C2O1. The summed E-state index contributed by atoms with van der Waals surface area (Å²) in [5, 5.41) is 3.96. The fourth-order valence-electron chi connectivity index (χ4n) is 5.56. The lowest BCUT2D eigenvalue weighted by atomic mass is 10.0. The van der Waals surface area contributed by atoms with Crippen molar-refractivity contribution in [2.75, 3.05) is 13.2 Å². The van der Waals surface area contributed by atoms with Gasteiger partial charge in [-0.2, -0.15) is 4.98 Å². The van der Waals surface area contributed by atoms with Gasteiger partial charge in [0.1, 0.15) is 42.9 Å². The van der Waals surface area contributed by atoms with Crippen molar-refractivity contribution in [3.8, 4) is 5.88 Å². The number of ether oxygens (including phenoxy) is 4. The summed E-state index contributed by atoms with van der Waals surface area (Å²) in [5.74, 6) is -0.155. The largest absolute Gasteiger partial charge is 0.471 e. The smallest absolute Gasteiger partial charge is 0.242 e. The molecule has 1 N–H and O–H groups in total. The number of fused-ring (bicyclic) bond motifs is 2. The Morgan fingerprint density at radius 2 is 1.70 bits per heavy atom. The molecule has 0 saturated carbocycles. The highest BCUT2D eigenvalue weighted by molar-refractivity contribution is 6.76. The summed E-state index contributed by atoms with van der Waals surface area (Å²) in [7, 11) is -3.19. The van der Waals surface area contributed by atoms with Crippen LogP contribution in [0.5, 0.6) is 5.88 Å². The van der Waals surface area contributed by atoms with Gasteiger partial charge in [0, 0.05) is 26.4 Å². The molecule has 242 valence electrons. The molecule has 11 heteroatoms. The summed E-state index contributed by atoms with van der Waals surface area (Å²) in [6.07, 6.45) is 3.36. The second kappa shape index (κ2) is 12.6. The Balaban J connectivity index is 1.47. The van der Waals surface area contributed by atoms with Gasteiger partial charge in [0.2, 0.25) is 5.88 Å². The minimum atomic E-state index is -1.96. The third-order valence-corrected chi connectivity index (χ3v) is 15.3. The molecule has 2 aromatic heterocycles. The number of hydrogen-bond donors (Lipinski definition) is 1. The molecule has 5 rings (SSSR count). The molecule has 3 aromatic rings. The topological polar surface area (TPSA) is 88.9 Å². The van der Waals surface area contributed by atoms with Crippen LogP contribution in [0.4, 0.5) is 0 Å². The number of nitrogens with zero attached hydrogens (tertiary/aromatic N) is 3. The highest BCUT2D eigenvalue weighted by Crippen LogP contribution is 2.45. The van der Waals surface area contributed by atoms with Crippen LogP contribution in [0.25, 0.3) is 11.0 Å². The van der Waals surface area contributed by atoms with E-state index in [0.717, 1.165) is 28.2 Å². The van der Waals surface area contributed by atoms with Crippen LogP contribution >= 0.6 is 0 Å². The maximum atomic E-state index is 6.69. The van der Waals surface area contributed by atoms with Gasteiger partial charge in [-0.15, -0.1) is 0 Å². The van der Waals surface area contributed by atoms with Gasteiger partial charge >= 0.3 is 0 Å². The summed E-state index contributed by atoms with van der Waals surface area (Å²) >= 11 is 0. The van der Waals surface area contributed by atoms with E-state index in [2.05, 4.69) is 86.7 Å². The van der Waals surface area contributed by atoms with E-state index in [-0.39, 0.29) is 29.3 Å². The third-order valence-electron chi connectivity index (χ3n) is 9.14. The van der Waals surface area contributed by atoms with Crippen molar-refractivity contribution < 1.29 is 23.4 Å². The van der Waals surface area contributed by atoms with Crippen molar-refractivity contribution >= 4 is 27.4 Å². The third kappa shape index (κ3) is 7.46. The van der Waals surface area contributed by atoms with Gasteiger partial charge in [-0.1, -0.05) is 70.7 Å². The Bertz CT molecular complexity index is 1420. The van der Waals surface area contributed by atoms with Gasteiger partial charge < -0.3 is 33.3 Å². The highest BCUT2D eigenvalue weighted by atomic mass is 28.4. The second-order valence-electron chi connectivity index (χ2n) is 15.4. The molecular formula is C33H52N4O5Si2. The first-order chi connectivity index (χ1) is 20.5. The zero-order valence-electron chi connectivity index (χ0n) is 28.3. The summed E-state index contributed by atoms with van der Waals surface area (Å²) in [5.41, 5.74) is 3.75. The van der Waals surface area contributed by atoms with Crippen LogP contribution in [0.2, 0.25) is 43.8 Å². The van der Waals surface area contributed by atoms with Gasteiger partial charge in [-0.3, -0.25) is 0 Å². The summed E-state index contributed by atoms with van der Waals surface area (Å²) in [6, 6.07) is 11.0. The Kier molecular flexibility index (Phi) is 9.50. The second-order valence-corrected chi connectivity index (χ2v) is 25.9. The lowest BCUT2D eigenvalue weighted by molar-refractivity contribution is -0.157. The fourth-order valence-corrected chi connectivity index (χ4v) is 7.35. The summed E-state index contributed by atoms with van der Waals surface area (Å²) in [4.78, 5) is 9.38. The number of aromatic nitrogens is 3. The average molecular weight is 641 g/mol. The monoisotopic (exact) mass is 640 g/mol. The minimum absolute atomic E-state index is 0.0251. The van der Waals surface area contributed by atoms with Crippen molar-refractivity contribution in [2.24, 2.45) is 0 Å². The van der Waals surface area contributed by atoms with Crippen LogP contribution in [0.3, 0.4) is 0 Å². The van der Waals surface area contributed by atoms with Crippen molar-refractivity contribution in [3.63, 3.8) is 0 Å². The first kappa shape index (κ1) is 33.2. The quantitative estimate of drug-likeness (QED) is 0.169. The van der Waals surface area contributed by atoms with E-state index in [0.29, 0.717) is 32.4 Å². The Morgan fingerprint density at radius 1 is 1.00 bits per heavy atom. The number of rotatable bonds is 12. The number of hydrogen-bond acceptors (Lipinski definition) is 8. The predicted molar refractivity (Wildman–Crippen MR) is 179 cm³/mol. The Morgan fingerprint density at radius 3 is 2.39 bits per heavy atom. The van der Waals surface area contributed by atoms with E-state index in [1.165, 1.54) is 0 Å². The van der Waals surface area contributed by atoms with Crippen LogP contribution in [0.15, 0.2) is 42.9 Å². The van der Waals surface area contributed by atoms with Crippen LogP contribution in [0, 0.1) is 0 Å². The molecule has 0 amide bonds. The molecule has 2 saturated heterocycles. The first-order valence-corrected chi connectivity index (χ1v) is 22.5. The number of benzene rings is 1. The molecule has 0 radical (unpaired) electrons. The van der Waals surface area contributed by atoms with Crippen molar-refractivity contribution in [2.45, 2.75) is 122 Å². The van der Waals surface area contributed by atoms with Gasteiger partial charge in [0.15, 0.2) is 14.1 Å². The fraction of sp³-hybridized carbons (Fsp3) is 0.636. The molecule has 0 bridgehead atoms. The van der Waals surface area contributed by atoms with Crippen molar-refractivity contribution in [3.05, 3.63) is 54.0 Å². The number of nitrogens with one attached hydrogen (secondary N) is 1. The van der Waals surface area contributed by atoms with Crippen LogP contribution < -0.4 is 10.1 Å². The molecular weight excluding hydrogens is 589 g/mol. The zero-order valence-corrected chi connectivity index (χ0v) is 30.3. The van der Waals surface area contributed by atoms with E-state index in [9.17, 15) is 0 Å². The molecule has 4 heterocycles. The molecule has 2 aliphatic heterocycles. The lowest BCUT2D eigenvalue weighted by Gasteiger charge is -2.37. The predicted octanol–water partition coefficient (Wildman–Crippen LogP) is 6.88. The lowest BCUT2D eigenvalue weighted by Crippen LogP contribution is -2.47. The molecule has 44 heavy (non-hydrogen) atoms. The van der Waals surface area contributed by atoms with E-state index in [1.807, 2.05) is 32.0 Å². The van der Waals surface area contributed by atoms with E-state index in [4.69, 9.17) is 28.4 Å². The molecule has 4 atom stereocenters. The van der Waals surface area contributed by atoms with Crippen molar-refractivity contribution in [1.29, 1.82) is 0 Å². The van der Waals surface area contributed by atoms with E-state index >= 15 is 0 Å². The average Bonchev–Trinajstić information content (AvgIpc) is 3.56. The maximum Gasteiger partial charge on any atom is 0.242 e. The molecule has 9 nitrogen and oxygen atoms in total. The molecule has 0 spiro atoms. The minimum Gasteiger partial charge on any atom is -0.471 e. The molecule has 2 fully saturated rings. The van der Waals surface area contributed by atoms with Crippen LogP contribution in [-0.4, -0.2) is 68.2 Å². The Hall–Kier alpha value is -2.13. The summed E-state index contributed by atoms with van der Waals surface area (Å²) < 4.78 is 34.4. The van der Waals surface area contributed by atoms with Crippen LogP contribution in [-0.2, 0) is 32.0 Å². The van der Waals surface area contributed by atoms with Crippen LogP contribution in [0.1, 0.15) is 51.8 Å². The highest BCUT2D eigenvalue weighted by Gasteiger charge is 2.55. The molecule has 1 aromatic carbocycles. The van der Waals surface area contributed by atoms with Gasteiger partial charge in [-0.05, 0) is 43.6 Å². The Labute approximate surface area is 265 Å². The normalized spacial score (nSPS) is 23.8. The maximum absolute atomic E-state index is 6.69.